The molecule has 1 aromatic carbocycles. The maximum atomic E-state index is 13.9. The van der Waals surface area contributed by atoms with E-state index >= 15 is 0 Å². The van der Waals surface area contributed by atoms with E-state index in [2.05, 4.69) is 18.7 Å². The van der Waals surface area contributed by atoms with Gasteiger partial charge in [0, 0.05) is 30.3 Å². The van der Waals surface area contributed by atoms with Crippen LogP contribution in [0.4, 0.5) is 4.39 Å². The Kier molecular flexibility index (Phi) is 4.53. The molecule has 0 radical (unpaired) electrons. The Hall–Kier alpha value is -1.00. The van der Waals surface area contributed by atoms with Gasteiger partial charge in [-0.05, 0) is 37.0 Å². The molecular formula is C15H21FN2S. The van der Waals surface area contributed by atoms with Crippen molar-refractivity contribution in [3.8, 4) is 0 Å². The predicted molar refractivity (Wildman–Crippen MR) is 80.6 cm³/mol. The van der Waals surface area contributed by atoms with E-state index in [1.807, 2.05) is 0 Å². The third-order valence-corrected chi connectivity index (χ3v) is 3.60. The van der Waals surface area contributed by atoms with Crippen LogP contribution in [0, 0.1) is 11.7 Å². The van der Waals surface area contributed by atoms with E-state index in [0.717, 1.165) is 12.1 Å². The van der Waals surface area contributed by atoms with Gasteiger partial charge < -0.3 is 5.73 Å². The van der Waals surface area contributed by atoms with Crippen LogP contribution in [0.5, 0.6) is 0 Å². The van der Waals surface area contributed by atoms with Gasteiger partial charge in [0.2, 0.25) is 0 Å². The van der Waals surface area contributed by atoms with Crippen LogP contribution in [0.15, 0.2) is 18.2 Å². The van der Waals surface area contributed by atoms with Gasteiger partial charge in [-0.1, -0.05) is 26.1 Å². The summed E-state index contributed by atoms with van der Waals surface area (Å²) in [6.45, 7) is 6.03. The van der Waals surface area contributed by atoms with E-state index in [1.165, 1.54) is 18.9 Å². The molecule has 0 aliphatic heterocycles. The molecule has 0 amide bonds. The Balaban J connectivity index is 2.15. The van der Waals surface area contributed by atoms with Crippen LogP contribution >= 0.6 is 12.2 Å². The molecule has 1 fully saturated rings. The normalized spacial score (nSPS) is 15.2. The average Bonchev–Trinajstić information content (AvgIpc) is 3.14. The number of rotatable bonds is 6. The van der Waals surface area contributed by atoms with Gasteiger partial charge in [0.05, 0.1) is 0 Å². The van der Waals surface area contributed by atoms with Crippen molar-refractivity contribution in [3.63, 3.8) is 0 Å². The number of thiocarbonyl (C=S) groups is 1. The number of nitrogens with zero attached hydrogens (tertiary/aromatic N) is 1. The van der Waals surface area contributed by atoms with E-state index in [4.69, 9.17) is 18.0 Å². The van der Waals surface area contributed by atoms with Crippen LogP contribution in [0.25, 0.3) is 0 Å². The highest BCUT2D eigenvalue weighted by Crippen LogP contribution is 2.29. The topological polar surface area (TPSA) is 29.3 Å². The van der Waals surface area contributed by atoms with Crippen molar-refractivity contribution in [2.75, 3.05) is 6.54 Å². The van der Waals surface area contributed by atoms with Crippen molar-refractivity contribution >= 4 is 17.2 Å². The molecular weight excluding hydrogens is 259 g/mol. The first-order valence-corrected chi connectivity index (χ1v) is 7.20. The molecule has 2 N–H and O–H groups in total. The molecule has 1 saturated carbocycles. The summed E-state index contributed by atoms with van der Waals surface area (Å²) in [6, 6.07) is 5.51. The molecule has 2 nitrogen and oxygen atoms in total. The molecule has 0 unspecified atom stereocenters. The highest BCUT2D eigenvalue weighted by molar-refractivity contribution is 7.80. The average molecular weight is 280 g/mol. The number of hydrogen-bond donors (Lipinski definition) is 1. The molecule has 0 atom stereocenters. The summed E-state index contributed by atoms with van der Waals surface area (Å²) < 4.78 is 13.9. The maximum Gasteiger partial charge on any atom is 0.127 e. The number of nitrogens with two attached hydrogens (primary N) is 1. The van der Waals surface area contributed by atoms with Gasteiger partial charge in [-0.25, -0.2) is 4.39 Å². The highest BCUT2D eigenvalue weighted by atomic mass is 32.1. The predicted octanol–water partition coefficient (Wildman–Crippen LogP) is 3.08. The van der Waals surface area contributed by atoms with Crippen molar-refractivity contribution in [2.45, 2.75) is 39.3 Å². The van der Waals surface area contributed by atoms with Crippen molar-refractivity contribution in [2.24, 2.45) is 11.7 Å². The van der Waals surface area contributed by atoms with Gasteiger partial charge >= 0.3 is 0 Å². The quantitative estimate of drug-likeness (QED) is 0.812. The van der Waals surface area contributed by atoms with E-state index < -0.39 is 0 Å². The number of hydrogen-bond acceptors (Lipinski definition) is 2. The van der Waals surface area contributed by atoms with Gasteiger partial charge in [-0.2, -0.15) is 0 Å². The summed E-state index contributed by atoms with van der Waals surface area (Å²) in [5, 5.41) is 0. The first-order valence-electron chi connectivity index (χ1n) is 6.79. The van der Waals surface area contributed by atoms with Crippen LogP contribution in [0.3, 0.4) is 0 Å². The molecule has 0 saturated heterocycles. The van der Waals surface area contributed by atoms with E-state index in [1.54, 1.807) is 12.1 Å². The summed E-state index contributed by atoms with van der Waals surface area (Å²) >= 11 is 4.95. The fourth-order valence-corrected chi connectivity index (χ4v) is 2.45. The molecule has 0 spiro atoms. The summed E-state index contributed by atoms with van der Waals surface area (Å²) in [7, 11) is 0. The standard InChI is InChI=1S/C15H21FN2S/c1-10(2)8-18(13-4-5-13)9-12-7-11(15(17)19)3-6-14(12)16/h3,6-7,10,13H,4-5,8-9H2,1-2H3,(H2,17,19). The van der Waals surface area contributed by atoms with Crippen LogP contribution in [-0.2, 0) is 6.54 Å². The monoisotopic (exact) mass is 280 g/mol. The Morgan fingerprint density at radius 1 is 1.47 bits per heavy atom. The molecule has 1 aromatic rings. The first-order chi connectivity index (χ1) is 8.97. The van der Waals surface area contributed by atoms with Gasteiger partial charge in [-0.3, -0.25) is 4.90 Å². The number of halogens is 1. The van der Waals surface area contributed by atoms with Gasteiger partial charge in [0.25, 0.3) is 0 Å². The molecule has 0 aromatic heterocycles. The second-order valence-corrected chi connectivity index (χ2v) is 6.16. The molecule has 2 rings (SSSR count). The lowest BCUT2D eigenvalue weighted by Gasteiger charge is -2.24. The van der Waals surface area contributed by atoms with Crippen molar-refractivity contribution in [1.82, 2.24) is 4.90 Å². The maximum absolute atomic E-state index is 13.9. The molecule has 19 heavy (non-hydrogen) atoms. The van der Waals surface area contributed by atoms with Crippen molar-refractivity contribution in [1.29, 1.82) is 0 Å². The Morgan fingerprint density at radius 3 is 2.68 bits per heavy atom. The van der Waals surface area contributed by atoms with Crippen LogP contribution in [0.2, 0.25) is 0 Å². The fourth-order valence-electron chi connectivity index (χ4n) is 2.32. The fraction of sp³-hybridized carbons (Fsp3) is 0.533. The third-order valence-electron chi connectivity index (χ3n) is 3.37. The zero-order chi connectivity index (χ0) is 14.0. The lowest BCUT2D eigenvalue weighted by molar-refractivity contribution is 0.223. The summed E-state index contributed by atoms with van der Waals surface area (Å²) in [5.41, 5.74) is 7.05. The minimum atomic E-state index is -0.172. The third kappa shape index (κ3) is 3.98. The molecule has 104 valence electrons. The van der Waals surface area contributed by atoms with Crippen LogP contribution < -0.4 is 5.73 Å². The summed E-state index contributed by atoms with van der Waals surface area (Å²) in [4.78, 5) is 2.69. The van der Waals surface area contributed by atoms with Gasteiger partial charge in [0.15, 0.2) is 0 Å². The Labute approximate surface area is 119 Å². The van der Waals surface area contributed by atoms with Crippen LogP contribution in [-0.4, -0.2) is 22.5 Å². The van der Waals surface area contributed by atoms with Crippen LogP contribution in [0.1, 0.15) is 37.8 Å². The SMILES string of the molecule is CC(C)CN(Cc1cc(C(N)=S)ccc1F)C1CC1. The Bertz CT molecular complexity index is 469. The van der Waals surface area contributed by atoms with Gasteiger partial charge in [0.1, 0.15) is 10.8 Å². The van der Waals surface area contributed by atoms with E-state index in [-0.39, 0.29) is 5.82 Å². The number of benzene rings is 1. The summed E-state index contributed by atoms with van der Waals surface area (Å²) in [6.07, 6.45) is 2.45. The lowest BCUT2D eigenvalue weighted by atomic mass is 10.1. The second kappa shape index (κ2) is 5.97. The molecule has 0 bridgehead atoms. The second-order valence-electron chi connectivity index (χ2n) is 5.72. The molecule has 1 aliphatic carbocycles. The summed E-state index contributed by atoms with van der Waals surface area (Å²) in [5.74, 6) is 0.414. The first kappa shape index (κ1) is 14.4. The largest absolute Gasteiger partial charge is 0.389 e. The van der Waals surface area contributed by atoms with Crippen molar-refractivity contribution in [3.05, 3.63) is 35.1 Å². The zero-order valence-corrected chi connectivity index (χ0v) is 12.3. The zero-order valence-electron chi connectivity index (χ0n) is 11.5. The Morgan fingerprint density at radius 2 is 2.16 bits per heavy atom. The molecule has 1 aliphatic rings. The molecule has 4 heteroatoms. The smallest absolute Gasteiger partial charge is 0.127 e. The lowest BCUT2D eigenvalue weighted by Crippen LogP contribution is -2.30. The van der Waals surface area contributed by atoms with Crippen molar-refractivity contribution < 1.29 is 4.39 Å². The molecule has 0 heterocycles. The van der Waals surface area contributed by atoms with Gasteiger partial charge in [-0.15, -0.1) is 0 Å². The minimum absolute atomic E-state index is 0.172. The highest BCUT2D eigenvalue weighted by Gasteiger charge is 2.29. The minimum Gasteiger partial charge on any atom is -0.389 e. The van der Waals surface area contributed by atoms with E-state index in [0.29, 0.717) is 29.1 Å². The van der Waals surface area contributed by atoms with E-state index in [9.17, 15) is 4.39 Å².